The number of halogens is 8. The van der Waals surface area contributed by atoms with Crippen LogP contribution in [0.5, 0.6) is 0 Å². The standard InChI is InChI=1S/C27H29ClFN5O.2C2HF3O2/c28-22-14-20(12-11-18(22)15-30)34-13-5-6-19(17-34)32-24-9-3-4-10-25(24)33-27-31-16-26(35-27)21-7-1-2-8-23(21)29;2*3-2(4,5)1(6)7/h1-2,7-8,11-12,14,16,19,24-25,32H,3-6,9-10,13,17H2,(H,31,33);2*(H,6,7)/t19-,24+,25+;;/m0../s1. The van der Waals surface area contributed by atoms with Crippen molar-refractivity contribution in [2.24, 2.45) is 0 Å². The summed E-state index contributed by atoms with van der Waals surface area (Å²) in [4.78, 5) is 24.5. The first-order chi connectivity index (χ1) is 23.0. The van der Waals surface area contributed by atoms with Gasteiger partial charge in [0.25, 0.3) is 6.01 Å². The molecule has 3 aromatic rings. The molecule has 3 atom stereocenters. The van der Waals surface area contributed by atoms with E-state index in [-0.39, 0.29) is 11.9 Å². The maximum absolute atomic E-state index is 14.1. The van der Waals surface area contributed by atoms with Gasteiger partial charge in [-0.25, -0.2) is 19.0 Å². The number of rotatable bonds is 6. The Bertz CT molecular complexity index is 1590. The molecule has 0 amide bonds. The number of carbonyl (C=O) groups is 2. The predicted molar refractivity (Wildman–Crippen MR) is 163 cm³/mol. The summed E-state index contributed by atoms with van der Waals surface area (Å²) in [6, 6.07) is 15.6. The molecule has 2 aromatic carbocycles. The van der Waals surface area contributed by atoms with E-state index >= 15 is 0 Å². The van der Waals surface area contributed by atoms with E-state index in [1.165, 1.54) is 12.5 Å². The molecular formula is C31H31ClF7N5O5. The Kier molecular flexibility index (Phi) is 13.7. The molecule has 1 aliphatic carbocycles. The number of carboxylic acids is 2. The van der Waals surface area contributed by atoms with Crippen molar-refractivity contribution in [1.29, 1.82) is 5.26 Å². The average molecular weight is 722 g/mol. The van der Waals surface area contributed by atoms with Gasteiger partial charge < -0.3 is 30.2 Å². The Morgan fingerprint density at radius 2 is 1.57 bits per heavy atom. The number of hydrogen-bond acceptors (Lipinski definition) is 8. The largest absolute Gasteiger partial charge is 0.490 e. The highest BCUT2D eigenvalue weighted by atomic mass is 35.5. The lowest BCUT2D eigenvalue weighted by molar-refractivity contribution is -0.193. The highest BCUT2D eigenvalue weighted by Crippen LogP contribution is 2.29. The van der Waals surface area contributed by atoms with E-state index in [1.54, 1.807) is 30.5 Å². The number of anilines is 2. The number of hydrogen-bond donors (Lipinski definition) is 4. The third-order valence-corrected chi connectivity index (χ3v) is 7.83. The number of aliphatic carboxylic acids is 2. The van der Waals surface area contributed by atoms with Gasteiger partial charge >= 0.3 is 24.3 Å². The fourth-order valence-corrected chi connectivity index (χ4v) is 5.45. The first kappa shape index (κ1) is 38.9. The minimum absolute atomic E-state index is 0.190. The van der Waals surface area contributed by atoms with Crippen LogP contribution >= 0.6 is 11.6 Å². The summed E-state index contributed by atoms with van der Waals surface area (Å²) in [6.07, 6.45) is -1.95. The summed E-state index contributed by atoms with van der Waals surface area (Å²) in [5.74, 6) is -5.41. The topological polar surface area (TPSA) is 152 Å². The van der Waals surface area contributed by atoms with Gasteiger partial charge in [-0.1, -0.05) is 36.6 Å². The normalized spacial score (nSPS) is 19.3. The van der Waals surface area contributed by atoms with Crippen LogP contribution in [0.15, 0.2) is 53.1 Å². The number of aromatic nitrogens is 1. The third kappa shape index (κ3) is 11.8. The van der Waals surface area contributed by atoms with Gasteiger partial charge in [0, 0.05) is 36.9 Å². The summed E-state index contributed by atoms with van der Waals surface area (Å²) in [5.41, 5.74) is 1.97. The maximum atomic E-state index is 14.1. The van der Waals surface area contributed by atoms with E-state index in [0.717, 1.165) is 50.9 Å². The fraction of sp³-hybridized carbons (Fsp3) is 0.419. The average Bonchev–Trinajstić information content (AvgIpc) is 3.50. The van der Waals surface area contributed by atoms with Crippen molar-refractivity contribution >= 4 is 35.2 Å². The molecule has 10 nitrogen and oxygen atoms in total. The van der Waals surface area contributed by atoms with E-state index in [0.29, 0.717) is 40.0 Å². The Balaban J connectivity index is 0.000000392. The summed E-state index contributed by atoms with van der Waals surface area (Å²) < 4.78 is 83.5. The van der Waals surface area contributed by atoms with Crippen LogP contribution in [0.4, 0.5) is 42.4 Å². The van der Waals surface area contributed by atoms with Crippen LogP contribution in [0.25, 0.3) is 11.3 Å². The van der Waals surface area contributed by atoms with Crippen LogP contribution in [-0.4, -0.2) is 70.7 Å². The number of nitrogens with zero attached hydrogens (tertiary/aromatic N) is 3. The van der Waals surface area contributed by atoms with Crippen molar-refractivity contribution in [3.63, 3.8) is 0 Å². The Morgan fingerprint density at radius 1 is 0.959 bits per heavy atom. The number of benzene rings is 2. The van der Waals surface area contributed by atoms with Gasteiger partial charge in [0.2, 0.25) is 0 Å². The molecular weight excluding hydrogens is 691 g/mol. The van der Waals surface area contributed by atoms with Gasteiger partial charge in [-0.3, -0.25) is 0 Å². The van der Waals surface area contributed by atoms with E-state index in [2.05, 4.69) is 26.6 Å². The lowest BCUT2D eigenvalue weighted by Crippen LogP contribution is -2.54. The van der Waals surface area contributed by atoms with Crippen molar-refractivity contribution < 1.29 is 55.0 Å². The number of piperidine rings is 1. The van der Waals surface area contributed by atoms with Gasteiger partial charge in [-0.05, 0) is 56.0 Å². The summed E-state index contributed by atoms with van der Waals surface area (Å²) >= 11 is 6.28. The van der Waals surface area contributed by atoms with Gasteiger partial charge in [-0.15, -0.1) is 0 Å². The highest BCUT2D eigenvalue weighted by molar-refractivity contribution is 6.32. The second-order valence-electron chi connectivity index (χ2n) is 11.0. The van der Waals surface area contributed by atoms with Crippen LogP contribution in [0.2, 0.25) is 5.02 Å². The van der Waals surface area contributed by atoms with E-state index in [1.807, 2.05) is 12.1 Å². The van der Waals surface area contributed by atoms with Crippen molar-refractivity contribution in [3.05, 3.63) is 65.1 Å². The van der Waals surface area contributed by atoms with Gasteiger partial charge in [0.15, 0.2) is 5.76 Å². The predicted octanol–water partition coefficient (Wildman–Crippen LogP) is 7.25. The molecule has 0 unspecified atom stereocenters. The summed E-state index contributed by atoms with van der Waals surface area (Å²) in [5, 5.41) is 31.3. The molecule has 266 valence electrons. The second kappa shape index (κ2) is 17.2. The number of nitriles is 1. The number of carboxylic acid groups (broad SMARTS) is 2. The SMILES string of the molecule is N#Cc1ccc(N2CCC[C@H](N[C@@H]3CCCC[C@H]3Nc3ncc(-c4ccccc4F)o3)C2)cc1Cl.O=C(O)C(F)(F)F.O=C(O)C(F)(F)F. The van der Waals surface area contributed by atoms with Crippen LogP contribution in [0.1, 0.15) is 44.1 Å². The first-order valence-electron chi connectivity index (χ1n) is 14.8. The quantitative estimate of drug-likeness (QED) is 0.192. The van der Waals surface area contributed by atoms with Crippen LogP contribution in [-0.2, 0) is 9.59 Å². The highest BCUT2D eigenvalue weighted by Gasteiger charge is 2.39. The first-order valence-corrected chi connectivity index (χ1v) is 15.2. The summed E-state index contributed by atoms with van der Waals surface area (Å²) in [6.45, 7) is 1.86. The smallest absolute Gasteiger partial charge is 0.475 e. The molecule has 1 saturated carbocycles. The monoisotopic (exact) mass is 721 g/mol. The molecule has 1 aliphatic heterocycles. The minimum atomic E-state index is -5.08. The van der Waals surface area contributed by atoms with E-state index in [4.69, 9.17) is 41.1 Å². The van der Waals surface area contributed by atoms with Gasteiger partial charge in [0.05, 0.1) is 22.3 Å². The number of alkyl halides is 6. The van der Waals surface area contributed by atoms with Crippen LogP contribution < -0.4 is 15.5 Å². The molecule has 4 N–H and O–H groups in total. The van der Waals surface area contributed by atoms with Crippen LogP contribution in [0.3, 0.4) is 0 Å². The molecule has 2 aliphatic rings. The maximum Gasteiger partial charge on any atom is 0.490 e. The van der Waals surface area contributed by atoms with Crippen molar-refractivity contribution in [2.45, 2.75) is 69.0 Å². The lowest BCUT2D eigenvalue weighted by atomic mass is 9.89. The molecule has 1 saturated heterocycles. The molecule has 49 heavy (non-hydrogen) atoms. The molecule has 0 radical (unpaired) electrons. The molecule has 2 fully saturated rings. The van der Waals surface area contributed by atoms with Gasteiger partial charge in [-0.2, -0.15) is 31.6 Å². The Labute approximate surface area is 280 Å². The Morgan fingerprint density at radius 3 is 2.14 bits per heavy atom. The van der Waals surface area contributed by atoms with E-state index < -0.39 is 24.3 Å². The number of nitrogens with one attached hydrogen (secondary N) is 2. The fourth-order valence-electron chi connectivity index (χ4n) is 5.23. The molecule has 5 rings (SSSR count). The van der Waals surface area contributed by atoms with Gasteiger partial charge in [0.1, 0.15) is 11.9 Å². The zero-order valence-corrected chi connectivity index (χ0v) is 26.2. The third-order valence-electron chi connectivity index (χ3n) is 7.51. The zero-order valence-electron chi connectivity index (χ0n) is 25.5. The van der Waals surface area contributed by atoms with E-state index in [9.17, 15) is 30.7 Å². The molecule has 18 heteroatoms. The number of oxazole rings is 1. The summed E-state index contributed by atoms with van der Waals surface area (Å²) in [7, 11) is 0. The zero-order chi connectivity index (χ0) is 36.4. The lowest BCUT2D eigenvalue weighted by Gasteiger charge is -2.40. The second-order valence-corrected chi connectivity index (χ2v) is 11.4. The molecule has 0 bridgehead atoms. The molecule has 0 spiro atoms. The van der Waals surface area contributed by atoms with Crippen molar-refractivity contribution in [1.82, 2.24) is 10.3 Å². The Hall–Kier alpha value is -4.56. The molecule has 1 aromatic heterocycles. The minimum Gasteiger partial charge on any atom is -0.475 e. The molecule has 2 heterocycles. The van der Waals surface area contributed by atoms with Crippen molar-refractivity contribution in [3.8, 4) is 17.4 Å². The van der Waals surface area contributed by atoms with Crippen LogP contribution in [0, 0.1) is 17.1 Å². The van der Waals surface area contributed by atoms with Crippen molar-refractivity contribution in [2.75, 3.05) is 23.3 Å².